The molecule has 0 saturated carbocycles. The molecule has 1 unspecified atom stereocenters. The molecule has 0 aromatic carbocycles. The molecule has 0 aliphatic rings. The Morgan fingerprint density at radius 3 is 2.18 bits per heavy atom. The molecule has 0 fully saturated rings. The smallest absolute Gasteiger partial charge is 0.174 e. The number of unbranched alkanes of at least 4 members (excludes halogenated alkanes) is 5. The van der Waals surface area contributed by atoms with Crippen LogP contribution in [0, 0.1) is 0 Å². The van der Waals surface area contributed by atoms with Gasteiger partial charge in [-0.2, -0.15) is 0 Å². The lowest BCUT2D eigenvalue weighted by atomic mass is 10.1. The van der Waals surface area contributed by atoms with Crippen molar-refractivity contribution >= 4 is 21.1 Å². The van der Waals surface area contributed by atoms with Gasteiger partial charge in [-0.3, -0.25) is 0 Å². The van der Waals surface area contributed by atoms with Gasteiger partial charge in [0.1, 0.15) is 5.75 Å². The molecular formula is C8H17ClOS. The van der Waals surface area contributed by atoms with E-state index in [1.165, 1.54) is 32.1 Å². The largest absolute Gasteiger partial charge is 0.599 e. The Labute approximate surface area is 77.2 Å². The maximum Gasteiger partial charge on any atom is 0.174 e. The van der Waals surface area contributed by atoms with Crippen molar-refractivity contribution in [1.82, 2.24) is 0 Å². The molecule has 0 amide bonds. The molecule has 0 spiro atoms. The van der Waals surface area contributed by atoms with Crippen LogP contribution >= 0.6 is 10.7 Å². The molecule has 3 heteroatoms. The van der Waals surface area contributed by atoms with Crippen molar-refractivity contribution in [3.8, 4) is 0 Å². The third-order valence-electron chi connectivity index (χ3n) is 1.66. The van der Waals surface area contributed by atoms with Gasteiger partial charge < -0.3 is 4.55 Å². The fraction of sp³-hybridized carbons (Fsp3) is 1.00. The summed E-state index contributed by atoms with van der Waals surface area (Å²) in [5.41, 5.74) is 0. The van der Waals surface area contributed by atoms with Gasteiger partial charge in [-0.1, -0.05) is 32.6 Å². The number of hydrogen-bond acceptors (Lipinski definition) is 1. The zero-order chi connectivity index (χ0) is 8.53. The molecule has 68 valence electrons. The molecule has 1 atom stereocenters. The molecule has 0 radical (unpaired) electrons. The maximum absolute atomic E-state index is 10.4. The number of halogens is 1. The van der Waals surface area contributed by atoms with Crippen LogP contribution < -0.4 is 0 Å². The molecule has 0 aliphatic carbocycles. The topological polar surface area (TPSA) is 23.1 Å². The molecule has 11 heavy (non-hydrogen) atoms. The highest BCUT2D eigenvalue weighted by atomic mass is 35.7. The van der Waals surface area contributed by atoms with Gasteiger partial charge in [0, 0.05) is 0 Å². The summed E-state index contributed by atoms with van der Waals surface area (Å²) in [5, 5.41) is 0. The average Bonchev–Trinajstić information content (AvgIpc) is 1.96. The van der Waals surface area contributed by atoms with Gasteiger partial charge in [-0.05, 0) is 12.8 Å². The van der Waals surface area contributed by atoms with Crippen LogP contribution in [0.5, 0.6) is 0 Å². The van der Waals surface area contributed by atoms with E-state index in [9.17, 15) is 4.55 Å². The molecule has 0 N–H and O–H groups in total. The normalized spacial score (nSPS) is 13.4. The summed E-state index contributed by atoms with van der Waals surface area (Å²) >= 11 is 0. The summed E-state index contributed by atoms with van der Waals surface area (Å²) in [6.07, 6.45) is 7.37. The van der Waals surface area contributed by atoms with Gasteiger partial charge >= 0.3 is 0 Å². The number of hydrogen-bond donors (Lipinski definition) is 0. The van der Waals surface area contributed by atoms with Crippen LogP contribution in [0.2, 0.25) is 0 Å². The van der Waals surface area contributed by atoms with Crippen LogP contribution in [0.15, 0.2) is 0 Å². The van der Waals surface area contributed by atoms with Gasteiger partial charge in [0.15, 0.2) is 10.7 Å². The Bertz CT molecular complexity index is 78.5. The van der Waals surface area contributed by atoms with Crippen molar-refractivity contribution in [3.05, 3.63) is 0 Å². The van der Waals surface area contributed by atoms with E-state index < -0.39 is 10.4 Å². The lowest BCUT2D eigenvalue weighted by molar-refractivity contribution is 0.594. The summed E-state index contributed by atoms with van der Waals surface area (Å²) in [4.78, 5) is 0. The average molecular weight is 197 g/mol. The fourth-order valence-electron chi connectivity index (χ4n) is 0.996. The van der Waals surface area contributed by atoms with Gasteiger partial charge in [0.05, 0.1) is 10.4 Å². The number of rotatable bonds is 7. The molecule has 0 saturated heterocycles. The van der Waals surface area contributed by atoms with E-state index in [-0.39, 0.29) is 0 Å². The van der Waals surface area contributed by atoms with Crippen LogP contribution in [0.3, 0.4) is 0 Å². The fourth-order valence-corrected chi connectivity index (χ4v) is 1.75. The van der Waals surface area contributed by atoms with E-state index in [1.54, 1.807) is 0 Å². The monoisotopic (exact) mass is 196 g/mol. The summed E-state index contributed by atoms with van der Waals surface area (Å²) in [5.74, 6) is 0.660. The molecule has 0 aromatic heterocycles. The lowest BCUT2D eigenvalue weighted by Crippen LogP contribution is -1.96. The van der Waals surface area contributed by atoms with Gasteiger partial charge in [-0.15, -0.1) is 0 Å². The Morgan fingerprint density at radius 2 is 1.64 bits per heavy atom. The van der Waals surface area contributed by atoms with Crippen LogP contribution in [-0.4, -0.2) is 10.3 Å². The lowest BCUT2D eigenvalue weighted by Gasteiger charge is -2.00. The molecule has 0 bridgehead atoms. The minimum Gasteiger partial charge on any atom is -0.599 e. The van der Waals surface area contributed by atoms with E-state index in [0.717, 1.165) is 6.42 Å². The van der Waals surface area contributed by atoms with E-state index in [4.69, 9.17) is 10.7 Å². The molecule has 0 heterocycles. The van der Waals surface area contributed by atoms with Crippen molar-refractivity contribution in [1.29, 1.82) is 0 Å². The highest BCUT2D eigenvalue weighted by molar-refractivity contribution is 8.13. The summed E-state index contributed by atoms with van der Waals surface area (Å²) in [6.45, 7) is 2.20. The SMILES string of the molecule is CCCCCCCC[S+]([O-])Cl. The molecule has 1 nitrogen and oxygen atoms in total. The van der Waals surface area contributed by atoms with Crippen LogP contribution in [0.4, 0.5) is 0 Å². The molecule has 0 aliphatic heterocycles. The Kier molecular flexibility index (Phi) is 9.17. The predicted octanol–water partition coefficient (Wildman–Crippen LogP) is 3.25. The third-order valence-corrected chi connectivity index (χ3v) is 2.73. The second-order valence-electron chi connectivity index (χ2n) is 2.76. The van der Waals surface area contributed by atoms with E-state index in [1.807, 2.05) is 0 Å². The molecule has 0 aromatic rings. The Morgan fingerprint density at radius 1 is 1.09 bits per heavy atom. The first-order valence-electron chi connectivity index (χ1n) is 4.32. The maximum atomic E-state index is 10.4. The van der Waals surface area contributed by atoms with Gasteiger partial charge in [0.25, 0.3) is 0 Å². The third kappa shape index (κ3) is 10.6. The van der Waals surface area contributed by atoms with Crippen LogP contribution in [0.25, 0.3) is 0 Å². The first-order chi connectivity index (χ1) is 5.27. The van der Waals surface area contributed by atoms with Crippen molar-refractivity contribution in [2.45, 2.75) is 45.4 Å². The van der Waals surface area contributed by atoms with Crippen molar-refractivity contribution < 1.29 is 4.55 Å². The van der Waals surface area contributed by atoms with Crippen LogP contribution in [0.1, 0.15) is 45.4 Å². The summed E-state index contributed by atoms with van der Waals surface area (Å²) in [7, 11) is 4.19. The van der Waals surface area contributed by atoms with Gasteiger partial charge in [0.2, 0.25) is 0 Å². The first kappa shape index (κ1) is 11.6. The first-order valence-corrected chi connectivity index (χ1v) is 6.46. The Balaban J connectivity index is 2.80. The summed E-state index contributed by atoms with van der Waals surface area (Å²) < 4.78 is 10.4. The second-order valence-corrected chi connectivity index (χ2v) is 4.78. The van der Waals surface area contributed by atoms with E-state index in [2.05, 4.69) is 6.92 Å². The van der Waals surface area contributed by atoms with Gasteiger partial charge in [-0.25, -0.2) is 0 Å². The quantitative estimate of drug-likeness (QED) is 0.453. The Hall–Kier alpha value is 0.600. The minimum absolute atomic E-state index is 0.660. The zero-order valence-electron chi connectivity index (χ0n) is 7.14. The van der Waals surface area contributed by atoms with E-state index >= 15 is 0 Å². The van der Waals surface area contributed by atoms with Crippen molar-refractivity contribution in [2.24, 2.45) is 0 Å². The summed E-state index contributed by atoms with van der Waals surface area (Å²) in [6, 6.07) is 0. The van der Waals surface area contributed by atoms with Crippen molar-refractivity contribution in [3.63, 3.8) is 0 Å². The standard InChI is InChI=1S/C8H17ClOS/c1-2-3-4-5-6-7-8-11(9)10/h2-8H2,1H3. The highest BCUT2D eigenvalue weighted by Gasteiger charge is 1.99. The van der Waals surface area contributed by atoms with Crippen LogP contribution in [-0.2, 0) is 10.4 Å². The zero-order valence-corrected chi connectivity index (χ0v) is 8.72. The minimum atomic E-state index is -1.10. The van der Waals surface area contributed by atoms with Crippen molar-refractivity contribution in [2.75, 3.05) is 5.75 Å². The highest BCUT2D eigenvalue weighted by Crippen LogP contribution is 2.07. The van der Waals surface area contributed by atoms with E-state index in [0.29, 0.717) is 5.75 Å². The molecular weight excluding hydrogens is 180 g/mol. The predicted molar refractivity (Wildman–Crippen MR) is 52.2 cm³/mol. The molecule has 0 rings (SSSR count). The second kappa shape index (κ2) is 8.69.